The lowest BCUT2D eigenvalue weighted by Gasteiger charge is -2.55. The van der Waals surface area contributed by atoms with Crippen molar-refractivity contribution in [2.24, 2.45) is 0 Å². The number of benzene rings is 6. The Morgan fingerprint density at radius 2 is 0.378 bits per heavy atom. The van der Waals surface area contributed by atoms with Gasteiger partial charge in [0.15, 0.2) is 0 Å². The molecule has 6 aliphatic heterocycles. The molecule has 0 unspecified atom stereocenters. The van der Waals surface area contributed by atoms with Crippen molar-refractivity contribution in [3.63, 3.8) is 0 Å². The van der Waals surface area contributed by atoms with Crippen LogP contribution in [0.2, 0.25) is 0 Å². The summed E-state index contributed by atoms with van der Waals surface area (Å²) in [4.78, 5) is 5.45. The van der Waals surface area contributed by atoms with E-state index in [1.165, 1.54) is 123 Å². The molecule has 6 aromatic carbocycles. The molecule has 0 bridgehead atoms. The maximum Gasteiger partial charge on any atom is 0.0544 e. The SMILES string of the molecule is CC(C)(C)c1cc2c3c(c1)C(C)(C)c1cc(C(C)(C)C)cc4c1N3c1c(cc(C#Cc3cc5c6c(c3)C(C)(C)c3cc(C(C)(C)C)cc7c3N6c3c(cc(C(C)(C)C)cc3C7(C)C)C5(C)C)cc1C4(C)C)C2(C)C. The first-order chi connectivity index (χ1) is 33.7. The van der Waals surface area contributed by atoms with E-state index in [2.05, 4.69) is 261 Å². The van der Waals surface area contributed by atoms with Crippen LogP contribution < -0.4 is 9.80 Å². The summed E-state index contributed by atoms with van der Waals surface area (Å²) < 4.78 is 0. The molecule has 0 saturated heterocycles. The molecule has 0 saturated carbocycles. The Labute approximate surface area is 446 Å². The lowest BCUT2D eigenvalue weighted by atomic mass is 9.59. The van der Waals surface area contributed by atoms with E-state index in [4.69, 9.17) is 0 Å². The molecule has 0 aromatic heterocycles. The smallest absolute Gasteiger partial charge is 0.0544 e. The molecule has 0 fully saturated rings. The van der Waals surface area contributed by atoms with Crippen molar-refractivity contribution in [2.45, 2.75) is 220 Å². The minimum absolute atomic E-state index is 0.0144. The Kier molecular flexibility index (Phi) is 9.27. The predicted molar refractivity (Wildman–Crippen MR) is 316 cm³/mol. The second kappa shape index (κ2) is 13.9. The Hall–Kier alpha value is -5.52. The van der Waals surface area contributed by atoms with E-state index < -0.39 is 0 Å². The molecular formula is C72H84N2. The summed E-state index contributed by atoms with van der Waals surface area (Å²) in [5.74, 6) is 7.88. The van der Waals surface area contributed by atoms with Crippen molar-refractivity contribution in [1.29, 1.82) is 0 Å². The van der Waals surface area contributed by atoms with Crippen LogP contribution >= 0.6 is 0 Å². The van der Waals surface area contributed by atoms with Crippen LogP contribution in [-0.4, -0.2) is 0 Å². The molecule has 2 nitrogen and oxygen atoms in total. The van der Waals surface area contributed by atoms with Gasteiger partial charge in [-0.3, -0.25) is 0 Å². The van der Waals surface area contributed by atoms with Gasteiger partial charge in [0.05, 0.1) is 34.1 Å². The summed E-state index contributed by atoms with van der Waals surface area (Å²) in [6.07, 6.45) is 0. The van der Waals surface area contributed by atoms with Gasteiger partial charge in [-0.25, -0.2) is 0 Å². The van der Waals surface area contributed by atoms with Crippen LogP contribution in [0.1, 0.15) is 266 Å². The maximum absolute atomic E-state index is 3.94. The molecule has 0 amide bonds. The zero-order valence-electron chi connectivity index (χ0n) is 49.8. The molecular weight excluding hydrogens is 893 g/mol. The fraction of sp³-hybridized carbons (Fsp3) is 0.472. The Morgan fingerprint density at radius 1 is 0.243 bits per heavy atom. The lowest BCUT2D eigenvalue weighted by Crippen LogP contribution is -2.44. The Morgan fingerprint density at radius 3 is 0.514 bits per heavy atom. The van der Waals surface area contributed by atoms with Gasteiger partial charge in [-0.1, -0.05) is 227 Å². The number of rotatable bonds is 0. The fourth-order valence-electron chi connectivity index (χ4n) is 14.5. The van der Waals surface area contributed by atoms with Crippen molar-refractivity contribution in [2.75, 3.05) is 9.80 Å². The summed E-state index contributed by atoms with van der Waals surface area (Å²) >= 11 is 0. The van der Waals surface area contributed by atoms with Gasteiger partial charge in [0.2, 0.25) is 0 Å². The van der Waals surface area contributed by atoms with Gasteiger partial charge in [0, 0.05) is 43.6 Å². The van der Waals surface area contributed by atoms with E-state index >= 15 is 0 Å². The van der Waals surface area contributed by atoms with E-state index in [0.717, 1.165) is 11.1 Å². The molecule has 0 radical (unpaired) electrons. The quantitative estimate of drug-likeness (QED) is 0.140. The highest BCUT2D eigenvalue weighted by molar-refractivity contribution is 6.01. The summed E-state index contributed by atoms with van der Waals surface area (Å²) in [5, 5.41) is 0. The molecule has 6 aromatic rings. The van der Waals surface area contributed by atoms with Crippen LogP contribution in [0, 0.1) is 11.8 Å². The standard InChI is InChI=1S/C72H84N2/c1-63(2,3)41-31-49-59-53(35-41)71(21,22)54-36-42(64(4,5)6)32-50-60(54)73(59)57-45(67(49,13)14)27-39(28-46(57)68(50,15)16)25-26-40-29-47-58-48(30-40)70(19,20)52-34-44(66(10,11)12)38-56-62(52)74(58)61-51(69(47,17)18)33-43(65(7,8)9)37-55(61)72(56,23)24/h27-38H,1-24H3. The van der Waals surface area contributed by atoms with Gasteiger partial charge < -0.3 is 9.80 Å². The summed E-state index contributed by atoms with van der Waals surface area (Å²) in [7, 11) is 0. The number of nitrogens with zero attached hydrogens (tertiary/aromatic N) is 2. The average Bonchev–Trinajstić information content (AvgIpc) is 3.27. The first-order valence-corrected chi connectivity index (χ1v) is 28.0. The predicted octanol–water partition coefficient (Wildman–Crippen LogP) is 19.1. The average molecular weight is 977 g/mol. The first-order valence-electron chi connectivity index (χ1n) is 28.0. The van der Waals surface area contributed by atoms with E-state index in [1.54, 1.807) is 0 Å². The topological polar surface area (TPSA) is 6.48 Å². The molecule has 6 heterocycles. The third-order valence-electron chi connectivity index (χ3n) is 19.9. The van der Waals surface area contributed by atoms with Crippen molar-refractivity contribution in [3.05, 3.63) is 173 Å². The molecule has 6 aliphatic rings. The van der Waals surface area contributed by atoms with Crippen LogP contribution in [0.5, 0.6) is 0 Å². The highest BCUT2D eigenvalue weighted by Gasteiger charge is 2.55. The van der Waals surface area contributed by atoms with Crippen LogP contribution in [0.4, 0.5) is 34.1 Å². The van der Waals surface area contributed by atoms with Gasteiger partial charge in [0.1, 0.15) is 0 Å². The second-order valence-corrected chi connectivity index (χ2v) is 31.2. The first kappa shape index (κ1) is 49.4. The molecule has 0 spiro atoms. The summed E-state index contributed by atoms with van der Waals surface area (Å²) in [6.45, 7) is 58.3. The Balaban J connectivity index is 1.12. The number of hydrogen-bond donors (Lipinski definition) is 0. The second-order valence-electron chi connectivity index (χ2n) is 31.2. The van der Waals surface area contributed by atoms with Gasteiger partial charge in [-0.15, -0.1) is 0 Å². The fourth-order valence-corrected chi connectivity index (χ4v) is 14.5. The van der Waals surface area contributed by atoms with Crippen LogP contribution in [0.25, 0.3) is 0 Å². The van der Waals surface area contributed by atoms with Crippen molar-refractivity contribution in [3.8, 4) is 11.8 Å². The zero-order chi connectivity index (χ0) is 53.9. The maximum atomic E-state index is 3.94. The largest absolute Gasteiger partial charge is 0.309 e. The minimum Gasteiger partial charge on any atom is -0.309 e. The van der Waals surface area contributed by atoms with E-state index in [1.807, 2.05) is 0 Å². The molecule has 0 N–H and O–H groups in total. The van der Waals surface area contributed by atoms with Crippen LogP contribution in [0.15, 0.2) is 72.8 Å². The monoisotopic (exact) mass is 977 g/mol. The molecule has 0 atom stereocenters. The van der Waals surface area contributed by atoms with Crippen LogP contribution in [0.3, 0.4) is 0 Å². The van der Waals surface area contributed by atoms with Crippen molar-refractivity contribution >= 4 is 34.1 Å². The summed E-state index contributed by atoms with van der Waals surface area (Å²) in [5.41, 5.74) is 31.4. The minimum atomic E-state index is -0.278. The summed E-state index contributed by atoms with van der Waals surface area (Å²) in [6, 6.07) is 30.4. The molecule has 0 aliphatic carbocycles. The molecule has 2 heteroatoms. The number of anilines is 6. The normalized spacial score (nSPS) is 19.6. The van der Waals surface area contributed by atoms with E-state index in [-0.39, 0.29) is 54.1 Å². The van der Waals surface area contributed by atoms with Gasteiger partial charge >= 0.3 is 0 Å². The molecule has 74 heavy (non-hydrogen) atoms. The van der Waals surface area contributed by atoms with Crippen molar-refractivity contribution < 1.29 is 0 Å². The lowest BCUT2D eigenvalue weighted by molar-refractivity contribution is 0.541. The highest BCUT2D eigenvalue weighted by atomic mass is 15.2. The van der Waals surface area contributed by atoms with Gasteiger partial charge in [-0.2, -0.15) is 0 Å². The third kappa shape index (κ3) is 6.14. The van der Waals surface area contributed by atoms with Crippen molar-refractivity contribution in [1.82, 2.24) is 0 Å². The molecule has 382 valence electrons. The van der Waals surface area contributed by atoms with E-state index in [9.17, 15) is 0 Å². The highest BCUT2D eigenvalue weighted by Crippen LogP contribution is 2.69. The Bertz CT molecular complexity index is 3190. The zero-order valence-corrected chi connectivity index (χ0v) is 49.8. The van der Waals surface area contributed by atoms with Crippen LogP contribution in [-0.2, 0) is 54.1 Å². The van der Waals surface area contributed by atoms with Gasteiger partial charge in [0.25, 0.3) is 0 Å². The van der Waals surface area contributed by atoms with Gasteiger partial charge in [-0.05, 0) is 135 Å². The van der Waals surface area contributed by atoms with E-state index in [0.29, 0.717) is 0 Å². The molecule has 12 rings (SSSR count). The third-order valence-corrected chi connectivity index (χ3v) is 19.9. The number of hydrogen-bond acceptors (Lipinski definition) is 2.